The third-order valence-corrected chi connectivity index (χ3v) is 2.34. The zero-order valence-electron chi connectivity index (χ0n) is 8.11. The molecule has 1 saturated heterocycles. The van der Waals surface area contributed by atoms with Gasteiger partial charge in [-0.05, 0) is 17.5 Å². The van der Waals surface area contributed by atoms with Crippen LogP contribution in [0.2, 0.25) is 0 Å². The molecule has 1 rings (SSSR count). The maximum Gasteiger partial charge on any atom is 0.144 e. The molecule has 8 nitrogen and oxygen atoms in total. The van der Waals surface area contributed by atoms with E-state index < -0.39 is 17.7 Å². The lowest BCUT2D eigenvalue weighted by atomic mass is 9.88. The van der Waals surface area contributed by atoms with Crippen LogP contribution in [0.3, 0.4) is 0 Å². The molecule has 0 aromatic heterocycles. The largest absolute Gasteiger partial charge is 0.363 e. The van der Waals surface area contributed by atoms with Crippen molar-refractivity contribution in [2.45, 2.75) is 31.0 Å². The van der Waals surface area contributed by atoms with Gasteiger partial charge in [0, 0.05) is 9.82 Å². The summed E-state index contributed by atoms with van der Waals surface area (Å²) >= 11 is 0. The van der Waals surface area contributed by atoms with Gasteiger partial charge < -0.3 is 4.74 Å². The topological polar surface area (TPSA) is 131 Å². The summed E-state index contributed by atoms with van der Waals surface area (Å²) in [5, 5.41) is 15.8. The third-order valence-electron chi connectivity index (χ3n) is 2.34. The summed E-state index contributed by atoms with van der Waals surface area (Å²) in [7, 11) is 0. The van der Waals surface area contributed by atoms with Crippen molar-refractivity contribution in [3.8, 4) is 6.07 Å². The molecule has 2 unspecified atom stereocenters. The van der Waals surface area contributed by atoms with E-state index >= 15 is 0 Å². The molecule has 0 aromatic rings. The molecular formula is C7H9N7O. The van der Waals surface area contributed by atoms with Crippen molar-refractivity contribution in [1.82, 2.24) is 0 Å². The van der Waals surface area contributed by atoms with Crippen molar-refractivity contribution in [3.05, 3.63) is 20.9 Å². The van der Waals surface area contributed by atoms with Crippen LogP contribution < -0.4 is 0 Å². The van der Waals surface area contributed by atoms with Crippen LogP contribution in [0.5, 0.6) is 0 Å². The summed E-state index contributed by atoms with van der Waals surface area (Å²) in [5.41, 5.74) is 15.9. The van der Waals surface area contributed by atoms with E-state index in [1.54, 1.807) is 6.92 Å². The van der Waals surface area contributed by atoms with Gasteiger partial charge >= 0.3 is 0 Å². The molecule has 1 aliphatic heterocycles. The number of rotatable bonds is 2. The molecule has 1 heterocycles. The lowest BCUT2D eigenvalue weighted by Crippen LogP contribution is -2.47. The Bertz CT molecular complexity index is 375. The maximum absolute atomic E-state index is 8.66. The number of azide groups is 2. The first kappa shape index (κ1) is 11.1. The highest BCUT2D eigenvalue weighted by atomic mass is 16.5. The van der Waals surface area contributed by atoms with Gasteiger partial charge in [-0.25, -0.2) is 0 Å². The van der Waals surface area contributed by atoms with Crippen LogP contribution in [0.1, 0.15) is 13.3 Å². The minimum atomic E-state index is -0.908. The van der Waals surface area contributed by atoms with E-state index in [1.165, 1.54) is 0 Å². The molecule has 0 bridgehead atoms. The van der Waals surface area contributed by atoms with Gasteiger partial charge in [0.1, 0.15) is 6.10 Å². The van der Waals surface area contributed by atoms with Crippen molar-refractivity contribution < 1.29 is 4.74 Å². The van der Waals surface area contributed by atoms with E-state index in [9.17, 15) is 0 Å². The fourth-order valence-corrected chi connectivity index (χ4v) is 1.41. The van der Waals surface area contributed by atoms with Crippen molar-refractivity contribution in [2.24, 2.45) is 10.2 Å². The summed E-state index contributed by atoms with van der Waals surface area (Å²) in [6.07, 6.45) is -0.363. The summed E-state index contributed by atoms with van der Waals surface area (Å²) in [6.45, 7) is 1.72. The standard InChI is InChI=1S/C7H9N7O/c1-7(12-14-10)4-15-5(3-8)2-6(7)11-13-9/h5-6H,2,4H2,1H3/t5-,6?,7?/m1/s1. The van der Waals surface area contributed by atoms with Gasteiger partial charge in [0.05, 0.1) is 24.3 Å². The Kier molecular flexibility index (Phi) is 3.37. The summed E-state index contributed by atoms with van der Waals surface area (Å²) in [5.74, 6) is 0. The van der Waals surface area contributed by atoms with Crippen LogP contribution in [0.4, 0.5) is 0 Å². The molecule has 78 valence electrons. The molecule has 1 aliphatic rings. The Hall–Kier alpha value is -1.93. The van der Waals surface area contributed by atoms with Crippen molar-refractivity contribution in [3.63, 3.8) is 0 Å². The second kappa shape index (κ2) is 4.53. The average molecular weight is 207 g/mol. The van der Waals surface area contributed by atoms with Crippen LogP contribution in [0.25, 0.3) is 20.9 Å². The number of nitriles is 1. The SMILES string of the molecule is CC1(N=[N+]=[N-])CO[C@@H](C#N)CC1N=[N+]=[N-]. The predicted octanol–water partition coefficient (Wildman–Crippen LogP) is 2.05. The molecule has 0 saturated carbocycles. The molecule has 0 spiro atoms. The smallest absolute Gasteiger partial charge is 0.144 e. The average Bonchev–Trinajstić information content (AvgIpc) is 2.22. The van der Waals surface area contributed by atoms with Crippen molar-refractivity contribution in [1.29, 1.82) is 5.26 Å². The Balaban J connectivity index is 2.94. The first-order valence-electron chi connectivity index (χ1n) is 4.28. The van der Waals surface area contributed by atoms with Crippen molar-refractivity contribution >= 4 is 0 Å². The number of hydrogen-bond donors (Lipinski definition) is 0. The fourth-order valence-electron chi connectivity index (χ4n) is 1.41. The van der Waals surface area contributed by atoms with Gasteiger partial charge in [-0.15, -0.1) is 0 Å². The zero-order chi connectivity index (χ0) is 11.3. The summed E-state index contributed by atoms with van der Waals surface area (Å²) < 4.78 is 5.16. The molecule has 15 heavy (non-hydrogen) atoms. The van der Waals surface area contributed by atoms with Gasteiger partial charge in [-0.2, -0.15) is 5.26 Å². The van der Waals surface area contributed by atoms with Gasteiger partial charge in [0.2, 0.25) is 0 Å². The van der Waals surface area contributed by atoms with Crippen LogP contribution >= 0.6 is 0 Å². The Morgan fingerprint density at radius 1 is 1.53 bits per heavy atom. The molecule has 0 aromatic carbocycles. The van der Waals surface area contributed by atoms with E-state index in [2.05, 4.69) is 20.1 Å². The first-order valence-corrected chi connectivity index (χ1v) is 4.28. The minimum absolute atomic E-state index is 0.0823. The Morgan fingerprint density at radius 3 is 2.80 bits per heavy atom. The number of ether oxygens (including phenoxy) is 1. The van der Waals surface area contributed by atoms with E-state index in [1.807, 2.05) is 6.07 Å². The molecule has 0 aliphatic carbocycles. The van der Waals surface area contributed by atoms with Crippen LogP contribution in [-0.2, 0) is 4.74 Å². The molecular weight excluding hydrogens is 198 g/mol. The molecule has 0 amide bonds. The summed E-state index contributed by atoms with van der Waals surface area (Å²) in [6, 6.07) is 1.39. The van der Waals surface area contributed by atoms with Gasteiger partial charge in [-0.3, -0.25) is 0 Å². The summed E-state index contributed by atoms with van der Waals surface area (Å²) in [4.78, 5) is 5.38. The fraction of sp³-hybridized carbons (Fsp3) is 0.857. The Morgan fingerprint density at radius 2 is 2.27 bits per heavy atom. The molecule has 8 heteroatoms. The predicted molar refractivity (Wildman–Crippen MR) is 50.5 cm³/mol. The molecule has 1 fully saturated rings. The van der Waals surface area contributed by atoms with Crippen LogP contribution in [-0.4, -0.2) is 24.3 Å². The first-order chi connectivity index (χ1) is 7.16. The van der Waals surface area contributed by atoms with E-state index in [4.69, 9.17) is 21.1 Å². The molecule has 0 radical (unpaired) electrons. The lowest BCUT2D eigenvalue weighted by molar-refractivity contribution is -0.00366. The molecule has 3 atom stereocenters. The van der Waals surface area contributed by atoms with Crippen LogP contribution in [0, 0.1) is 11.3 Å². The quantitative estimate of drug-likeness (QED) is 0.389. The van der Waals surface area contributed by atoms with Crippen LogP contribution in [0.15, 0.2) is 10.2 Å². The second-order valence-electron chi connectivity index (χ2n) is 3.43. The Labute approximate surface area is 85.7 Å². The second-order valence-corrected chi connectivity index (χ2v) is 3.43. The number of hydrogen-bond acceptors (Lipinski definition) is 4. The highest BCUT2D eigenvalue weighted by Gasteiger charge is 2.40. The normalized spacial score (nSPS) is 34.4. The van der Waals surface area contributed by atoms with E-state index in [0.29, 0.717) is 0 Å². The van der Waals surface area contributed by atoms with Crippen molar-refractivity contribution in [2.75, 3.05) is 6.61 Å². The minimum Gasteiger partial charge on any atom is -0.363 e. The highest BCUT2D eigenvalue weighted by Crippen LogP contribution is 2.29. The van der Waals surface area contributed by atoms with Gasteiger partial charge in [-0.1, -0.05) is 17.2 Å². The maximum atomic E-state index is 8.66. The monoisotopic (exact) mass is 207 g/mol. The zero-order valence-corrected chi connectivity index (χ0v) is 8.11. The highest BCUT2D eigenvalue weighted by molar-refractivity contribution is 5.04. The van der Waals surface area contributed by atoms with E-state index in [0.717, 1.165) is 0 Å². The molecule has 0 N–H and O–H groups in total. The van der Waals surface area contributed by atoms with Gasteiger partial charge in [0.15, 0.2) is 0 Å². The third kappa shape index (κ3) is 2.30. The van der Waals surface area contributed by atoms with Gasteiger partial charge in [0.25, 0.3) is 0 Å². The number of nitrogens with zero attached hydrogens (tertiary/aromatic N) is 7. The lowest BCUT2D eigenvalue weighted by Gasteiger charge is -2.36. The van der Waals surface area contributed by atoms with E-state index in [-0.39, 0.29) is 13.0 Å².